The number of halogens is 2. The van der Waals surface area contributed by atoms with Gasteiger partial charge in [-0.2, -0.15) is 0 Å². The van der Waals surface area contributed by atoms with Crippen LogP contribution >= 0.6 is 23.2 Å². The van der Waals surface area contributed by atoms with Crippen LogP contribution in [0.15, 0.2) is 42.5 Å². The Hall–Kier alpha value is -1.91. The van der Waals surface area contributed by atoms with Gasteiger partial charge >= 0.3 is 0 Å². The van der Waals surface area contributed by atoms with E-state index in [0.29, 0.717) is 28.7 Å². The first-order valence-corrected chi connectivity index (χ1v) is 7.47. The minimum atomic E-state index is -0.0872. The van der Waals surface area contributed by atoms with Gasteiger partial charge in [0, 0.05) is 23.7 Å². The summed E-state index contributed by atoms with van der Waals surface area (Å²) in [6, 6.07) is 12.3. The molecule has 0 spiro atoms. The van der Waals surface area contributed by atoms with E-state index in [4.69, 9.17) is 27.9 Å². The zero-order valence-electron chi connectivity index (χ0n) is 12.0. The number of nitrogens with one attached hydrogen (secondary N) is 2. The quantitative estimate of drug-likeness (QED) is 0.818. The monoisotopic (exact) mass is 338 g/mol. The Balaban J connectivity index is 1.81. The lowest BCUT2D eigenvalue weighted by molar-refractivity contribution is -0.115. The number of amides is 1. The van der Waals surface area contributed by atoms with Gasteiger partial charge in [0.25, 0.3) is 0 Å². The third kappa shape index (κ3) is 4.83. The maximum atomic E-state index is 11.9. The van der Waals surface area contributed by atoms with Crippen LogP contribution in [0.1, 0.15) is 6.42 Å². The van der Waals surface area contributed by atoms with Crippen molar-refractivity contribution < 1.29 is 9.53 Å². The summed E-state index contributed by atoms with van der Waals surface area (Å²) in [5.41, 5.74) is 1.44. The van der Waals surface area contributed by atoms with Crippen molar-refractivity contribution in [3.8, 4) is 5.75 Å². The number of ether oxygens (including phenoxy) is 1. The molecule has 0 atom stereocenters. The van der Waals surface area contributed by atoms with Gasteiger partial charge in [0.15, 0.2) is 0 Å². The number of methoxy groups -OCH3 is 1. The Kier molecular flexibility index (Phi) is 5.92. The van der Waals surface area contributed by atoms with Crippen LogP contribution < -0.4 is 15.4 Å². The Morgan fingerprint density at radius 2 is 1.86 bits per heavy atom. The summed E-state index contributed by atoms with van der Waals surface area (Å²) >= 11 is 11.9. The molecule has 0 aromatic heterocycles. The van der Waals surface area contributed by atoms with Crippen LogP contribution in [0, 0.1) is 0 Å². The normalized spacial score (nSPS) is 10.1. The van der Waals surface area contributed by atoms with Crippen molar-refractivity contribution >= 4 is 40.5 Å². The molecule has 2 rings (SSSR count). The van der Waals surface area contributed by atoms with Gasteiger partial charge in [0.1, 0.15) is 5.75 Å². The maximum absolute atomic E-state index is 11.9. The minimum Gasteiger partial charge on any atom is -0.497 e. The molecule has 0 fully saturated rings. The number of rotatable bonds is 6. The van der Waals surface area contributed by atoms with Crippen LogP contribution in [0.3, 0.4) is 0 Å². The summed E-state index contributed by atoms with van der Waals surface area (Å²) in [6.45, 7) is 0.460. The Bertz CT molecular complexity index is 645. The molecule has 0 saturated heterocycles. The predicted molar refractivity (Wildman–Crippen MR) is 91.2 cm³/mol. The minimum absolute atomic E-state index is 0.0872. The molecular formula is C16H16Cl2N2O2. The third-order valence-electron chi connectivity index (χ3n) is 2.97. The number of carbonyl (C=O) groups excluding carboxylic acids is 1. The van der Waals surface area contributed by atoms with Crippen LogP contribution in [-0.2, 0) is 4.79 Å². The van der Waals surface area contributed by atoms with E-state index in [0.717, 1.165) is 11.4 Å². The van der Waals surface area contributed by atoms with Gasteiger partial charge < -0.3 is 15.4 Å². The van der Waals surface area contributed by atoms with Crippen molar-refractivity contribution in [2.45, 2.75) is 6.42 Å². The van der Waals surface area contributed by atoms with E-state index in [1.165, 1.54) is 0 Å². The van der Waals surface area contributed by atoms with Crippen LogP contribution in [-0.4, -0.2) is 19.6 Å². The van der Waals surface area contributed by atoms with E-state index in [2.05, 4.69) is 10.6 Å². The summed E-state index contributed by atoms with van der Waals surface area (Å²) < 4.78 is 5.06. The maximum Gasteiger partial charge on any atom is 0.226 e. The molecule has 0 saturated carbocycles. The van der Waals surface area contributed by atoms with Gasteiger partial charge in [-0.15, -0.1) is 0 Å². The zero-order chi connectivity index (χ0) is 15.9. The fourth-order valence-corrected chi connectivity index (χ4v) is 2.20. The first-order valence-electron chi connectivity index (χ1n) is 6.71. The lowest BCUT2D eigenvalue weighted by Crippen LogP contribution is -2.16. The lowest BCUT2D eigenvalue weighted by Gasteiger charge is -2.09. The summed E-state index contributed by atoms with van der Waals surface area (Å²) in [4.78, 5) is 11.9. The molecule has 0 heterocycles. The Morgan fingerprint density at radius 1 is 1.14 bits per heavy atom. The van der Waals surface area contributed by atoms with Crippen LogP contribution in [0.25, 0.3) is 0 Å². The van der Waals surface area contributed by atoms with Gasteiger partial charge in [0.05, 0.1) is 17.8 Å². The number of benzene rings is 2. The van der Waals surface area contributed by atoms with Crippen LogP contribution in [0.2, 0.25) is 10.0 Å². The van der Waals surface area contributed by atoms with E-state index in [1.807, 2.05) is 0 Å². The van der Waals surface area contributed by atoms with Crippen molar-refractivity contribution in [1.82, 2.24) is 0 Å². The molecule has 2 aromatic rings. The van der Waals surface area contributed by atoms with Crippen molar-refractivity contribution in [3.05, 3.63) is 52.5 Å². The number of hydrogen-bond acceptors (Lipinski definition) is 3. The number of hydrogen-bond donors (Lipinski definition) is 2. The topological polar surface area (TPSA) is 50.4 Å². The SMILES string of the molecule is COc1ccc(NC(=O)CCNc2cc(Cl)ccc2Cl)cc1. The molecule has 0 aliphatic carbocycles. The summed E-state index contributed by atoms with van der Waals surface area (Å²) in [6.07, 6.45) is 0.314. The second-order valence-corrected chi connectivity index (χ2v) is 5.42. The molecule has 0 bridgehead atoms. The predicted octanol–water partition coefficient (Wildman–Crippen LogP) is 4.44. The van der Waals surface area contributed by atoms with E-state index >= 15 is 0 Å². The van der Waals surface area contributed by atoms with E-state index in [1.54, 1.807) is 49.6 Å². The van der Waals surface area contributed by atoms with E-state index < -0.39 is 0 Å². The first-order chi connectivity index (χ1) is 10.6. The third-order valence-corrected chi connectivity index (χ3v) is 3.53. The summed E-state index contributed by atoms with van der Waals surface area (Å²) in [5.74, 6) is 0.658. The average Bonchev–Trinajstić information content (AvgIpc) is 2.51. The van der Waals surface area contributed by atoms with Gasteiger partial charge in [0.2, 0.25) is 5.91 Å². The molecule has 1 amide bonds. The molecular weight excluding hydrogens is 323 g/mol. The number of anilines is 2. The molecule has 0 aliphatic rings. The molecule has 0 aliphatic heterocycles. The smallest absolute Gasteiger partial charge is 0.226 e. The number of carbonyl (C=O) groups is 1. The zero-order valence-corrected chi connectivity index (χ0v) is 13.5. The highest BCUT2D eigenvalue weighted by Crippen LogP contribution is 2.25. The average molecular weight is 339 g/mol. The second-order valence-electron chi connectivity index (χ2n) is 4.58. The molecule has 0 radical (unpaired) electrons. The van der Waals surface area contributed by atoms with E-state index in [-0.39, 0.29) is 5.91 Å². The highest BCUT2D eigenvalue weighted by Gasteiger charge is 2.04. The van der Waals surface area contributed by atoms with Crippen LogP contribution in [0.4, 0.5) is 11.4 Å². The molecule has 0 unspecified atom stereocenters. The summed E-state index contributed by atoms with van der Waals surface area (Å²) in [7, 11) is 1.60. The Morgan fingerprint density at radius 3 is 2.55 bits per heavy atom. The van der Waals surface area contributed by atoms with Gasteiger partial charge in [-0.1, -0.05) is 23.2 Å². The van der Waals surface area contributed by atoms with E-state index in [9.17, 15) is 4.79 Å². The molecule has 2 N–H and O–H groups in total. The molecule has 116 valence electrons. The highest BCUT2D eigenvalue weighted by atomic mass is 35.5. The molecule has 2 aromatic carbocycles. The first kappa shape index (κ1) is 16.5. The standard InChI is InChI=1S/C16H16Cl2N2O2/c1-22-13-5-3-12(4-6-13)20-16(21)8-9-19-15-10-11(17)2-7-14(15)18/h2-7,10,19H,8-9H2,1H3,(H,20,21). The van der Waals surface area contributed by atoms with Gasteiger partial charge in [-0.25, -0.2) is 0 Å². The van der Waals surface area contributed by atoms with Crippen LogP contribution in [0.5, 0.6) is 5.75 Å². The molecule has 6 heteroatoms. The second kappa shape index (κ2) is 7.92. The van der Waals surface area contributed by atoms with Crippen molar-refractivity contribution in [1.29, 1.82) is 0 Å². The van der Waals surface area contributed by atoms with Crippen molar-refractivity contribution in [2.24, 2.45) is 0 Å². The summed E-state index contributed by atoms with van der Waals surface area (Å²) in [5, 5.41) is 7.07. The molecule has 22 heavy (non-hydrogen) atoms. The lowest BCUT2D eigenvalue weighted by atomic mass is 10.2. The van der Waals surface area contributed by atoms with Gasteiger partial charge in [-0.3, -0.25) is 4.79 Å². The molecule has 4 nitrogen and oxygen atoms in total. The van der Waals surface area contributed by atoms with Crippen molar-refractivity contribution in [3.63, 3.8) is 0 Å². The largest absolute Gasteiger partial charge is 0.497 e. The Labute approximate surface area is 139 Å². The fraction of sp³-hybridized carbons (Fsp3) is 0.188. The van der Waals surface area contributed by atoms with Crippen molar-refractivity contribution in [2.75, 3.05) is 24.3 Å². The fourth-order valence-electron chi connectivity index (χ4n) is 1.84. The highest BCUT2D eigenvalue weighted by molar-refractivity contribution is 6.35. The van der Waals surface area contributed by atoms with Gasteiger partial charge in [-0.05, 0) is 42.5 Å².